The number of aromatic nitrogens is 1. The summed E-state index contributed by atoms with van der Waals surface area (Å²) in [6, 6.07) is 7.26. The molecule has 3 nitrogen and oxygen atoms in total. The maximum atomic E-state index is 11.1. The molecule has 2 N–H and O–H groups in total. The highest BCUT2D eigenvalue weighted by Gasteiger charge is 2.01. The molecule has 0 amide bonds. The first-order valence-electron chi connectivity index (χ1n) is 4.33. The summed E-state index contributed by atoms with van der Waals surface area (Å²) in [4.78, 5) is 15.3. The molecular formula is C11H10N2O. The molecule has 0 fully saturated rings. The first-order chi connectivity index (χ1) is 6.66. The zero-order valence-corrected chi connectivity index (χ0v) is 7.82. The highest BCUT2D eigenvalue weighted by atomic mass is 16.1. The Hall–Kier alpha value is -1.90. The van der Waals surface area contributed by atoms with Gasteiger partial charge in [-0.15, -0.1) is 0 Å². The van der Waals surface area contributed by atoms with Crippen LogP contribution in [0.3, 0.4) is 0 Å². The number of carbonyl (C=O) groups is 1. The minimum atomic E-state index is 0.0156. The zero-order valence-electron chi connectivity index (χ0n) is 7.82. The van der Waals surface area contributed by atoms with Crippen LogP contribution < -0.4 is 5.73 Å². The van der Waals surface area contributed by atoms with Crippen molar-refractivity contribution in [2.75, 3.05) is 5.73 Å². The van der Waals surface area contributed by atoms with Crippen molar-refractivity contribution in [3.8, 4) is 0 Å². The van der Waals surface area contributed by atoms with E-state index in [2.05, 4.69) is 4.98 Å². The number of nitrogens with two attached hydrogens (primary N) is 1. The lowest BCUT2D eigenvalue weighted by Gasteiger charge is -2.00. The van der Waals surface area contributed by atoms with Gasteiger partial charge in [-0.05, 0) is 31.2 Å². The molecule has 1 aromatic heterocycles. The Morgan fingerprint density at radius 2 is 2.14 bits per heavy atom. The maximum Gasteiger partial charge on any atom is 0.161 e. The molecule has 14 heavy (non-hydrogen) atoms. The van der Waals surface area contributed by atoms with E-state index in [9.17, 15) is 4.79 Å². The normalized spacial score (nSPS) is 10.4. The highest BCUT2D eigenvalue weighted by Crippen LogP contribution is 2.16. The smallest absolute Gasteiger partial charge is 0.161 e. The van der Waals surface area contributed by atoms with Crippen LogP contribution in [0.15, 0.2) is 30.5 Å². The summed E-state index contributed by atoms with van der Waals surface area (Å²) < 4.78 is 0. The Morgan fingerprint density at radius 3 is 2.86 bits per heavy atom. The Bertz CT molecular complexity index is 506. The van der Waals surface area contributed by atoms with Crippen LogP contribution in [-0.2, 0) is 0 Å². The standard InChI is InChI=1S/C11H10N2O/c1-7(14)9-4-8-5-10(12)2-3-11(8)13-6-9/h2-6H,12H2,1H3. The number of hydrogen-bond donors (Lipinski definition) is 1. The monoisotopic (exact) mass is 186 g/mol. The van der Waals surface area contributed by atoms with Crippen LogP contribution in [0.1, 0.15) is 17.3 Å². The molecule has 0 aliphatic carbocycles. The van der Waals surface area contributed by atoms with E-state index >= 15 is 0 Å². The largest absolute Gasteiger partial charge is 0.399 e. The van der Waals surface area contributed by atoms with Crippen LogP contribution in [0.2, 0.25) is 0 Å². The molecule has 0 saturated heterocycles. The van der Waals surface area contributed by atoms with Gasteiger partial charge >= 0.3 is 0 Å². The van der Waals surface area contributed by atoms with Crippen LogP contribution in [0, 0.1) is 0 Å². The fourth-order valence-corrected chi connectivity index (χ4v) is 1.34. The second kappa shape index (κ2) is 3.10. The number of pyridine rings is 1. The van der Waals surface area contributed by atoms with Gasteiger partial charge in [0.1, 0.15) is 0 Å². The number of nitrogen functional groups attached to an aromatic ring is 1. The summed E-state index contributed by atoms with van der Waals surface area (Å²) in [5.74, 6) is 0.0156. The van der Waals surface area contributed by atoms with Crippen molar-refractivity contribution >= 4 is 22.4 Å². The van der Waals surface area contributed by atoms with E-state index in [4.69, 9.17) is 5.73 Å². The molecule has 0 aliphatic rings. The van der Waals surface area contributed by atoms with Crippen LogP contribution in [-0.4, -0.2) is 10.8 Å². The number of nitrogens with zero attached hydrogens (tertiary/aromatic N) is 1. The number of benzene rings is 1. The number of fused-ring (bicyclic) bond motifs is 1. The van der Waals surface area contributed by atoms with Crippen molar-refractivity contribution in [2.24, 2.45) is 0 Å². The Kier molecular flexibility index (Phi) is 1.93. The van der Waals surface area contributed by atoms with Gasteiger partial charge in [-0.1, -0.05) is 0 Å². The molecule has 0 bridgehead atoms. The van der Waals surface area contributed by atoms with Crippen LogP contribution >= 0.6 is 0 Å². The van der Waals surface area contributed by atoms with E-state index in [1.165, 1.54) is 6.92 Å². The van der Waals surface area contributed by atoms with Gasteiger partial charge in [-0.3, -0.25) is 9.78 Å². The Morgan fingerprint density at radius 1 is 1.36 bits per heavy atom. The number of carbonyl (C=O) groups excluding carboxylic acids is 1. The first kappa shape index (κ1) is 8.69. The summed E-state index contributed by atoms with van der Waals surface area (Å²) in [6.07, 6.45) is 1.58. The molecule has 70 valence electrons. The average Bonchev–Trinajstić information content (AvgIpc) is 2.16. The van der Waals surface area contributed by atoms with Crippen LogP contribution in [0.5, 0.6) is 0 Å². The quantitative estimate of drug-likeness (QED) is 0.547. The van der Waals surface area contributed by atoms with E-state index in [-0.39, 0.29) is 5.78 Å². The molecular weight excluding hydrogens is 176 g/mol. The molecule has 2 rings (SSSR count). The lowest BCUT2D eigenvalue weighted by atomic mass is 10.1. The number of Topliss-reactive ketones (excluding diaryl/α,β-unsaturated/α-hetero) is 1. The van der Waals surface area contributed by atoms with Crippen molar-refractivity contribution in [1.29, 1.82) is 0 Å². The molecule has 0 spiro atoms. The third-order valence-corrected chi connectivity index (χ3v) is 2.11. The summed E-state index contributed by atoms with van der Waals surface area (Å²) in [5.41, 5.74) is 7.78. The van der Waals surface area contributed by atoms with Gasteiger partial charge in [0.05, 0.1) is 5.52 Å². The number of anilines is 1. The number of ketones is 1. The van der Waals surface area contributed by atoms with Crippen molar-refractivity contribution in [2.45, 2.75) is 6.92 Å². The van der Waals surface area contributed by atoms with E-state index in [0.29, 0.717) is 11.3 Å². The minimum Gasteiger partial charge on any atom is -0.399 e. The summed E-state index contributed by atoms with van der Waals surface area (Å²) in [5, 5.41) is 0.901. The lowest BCUT2D eigenvalue weighted by Crippen LogP contribution is -1.93. The van der Waals surface area contributed by atoms with Gasteiger partial charge < -0.3 is 5.73 Å². The van der Waals surface area contributed by atoms with Crippen molar-refractivity contribution in [1.82, 2.24) is 4.98 Å². The molecule has 0 saturated carbocycles. The molecule has 1 heterocycles. The third kappa shape index (κ3) is 1.44. The van der Waals surface area contributed by atoms with Gasteiger partial charge in [-0.25, -0.2) is 0 Å². The fraction of sp³-hybridized carbons (Fsp3) is 0.0909. The predicted octanol–water partition coefficient (Wildman–Crippen LogP) is 2.02. The highest BCUT2D eigenvalue weighted by molar-refractivity contribution is 5.97. The van der Waals surface area contributed by atoms with Gasteiger partial charge in [0, 0.05) is 22.8 Å². The second-order valence-corrected chi connectivity index (χ2v) is 3.23. The lowest BCUT2D eigenvalue weighted by molar-refractivity contribution is 0.101. The van der Waals surface area contributed by atoms with Gasteiger partial charge in [-0.2, -0.15) is 0 Å². The summed E-state index contributed by atoms with van der Waals surface area (Å²) in [6.45, 7) is 1.52. The molecule has 0 radical (unpaired) electrons. The Labute approximate surface area is 81.6 Å². The number of hydrogen-bond acceptors (Lipinski definition) is 3. The van der Waals surface area contributed by atoms with E-state index in [1.807, 2.05) is 12.1 Å². The van der Waals surface area contributed by atoms with Crippen molar-refractivity contribution < 1.29 is 4.79 Å². The van der Waals surface area contributed by atoms with E-state index < -0.39 is 0 Å². The van der Waals surface area contributed by atoms with Crippen molar-refractivity contribution in [3.63, 3.8) is 0 Å². The summed E-state index contributed by atoms with van der Waals surface area (Å²) in [7, 11) is 0. The third-order valence-electron chi connectivity index (χ3n) is 2.11. The van der Waals surface area contributed by atoms with Gasteiger partial charge in [0.25, 0.3) is 0 Å². The van der Waals surface area contributed by atoms with Crippen LogP contribution in [0.4, 0.5) is 5.69 Å². The average molecular weight is 186 g/mol. The topological polar surface area (TPSA) is 56.0 Å². The molecule has 3 heteroatoms. The molecule has 1 aromatic carbocycles. The minimum absolute atomic E-state index is 0.0156. The number of rotatable bonds is 1. The molecule has 2 aromatic rings. The maximum absolute atomic E-state index is 11.1. The molecule has 0 aliphatic heterocycles. The molecule has 0 atom stereocenters. The van der Waals surface area contributed by atoms with E-state index in [1.54, 1.807) is 18.3 Å². The van der Waals surface area contributed by atoms with Crippen LogP contribution in [0.25, 0.3) is 10.9 Å². The molecule has 0 unspecified atom stereocenters. The zero-order chi connectivity index (χ0) is 10.1. The fourth-order valence-electron chi connectivity index (χ4n) is 1.34. The predicted molar refractivity (Wildman–Crippen MR) is 56.2 cm³/mol. The second-order valence-electron chi connectivity index (χ2n) is 3.23. The first-order valence-corrected chi connectivity index (χ1v) is 4.33. The SMILES string of the molecule is CC(=O)c1cnc2ccc(N)cc2c1. The Balaban J connectivity index is 2.69. The van der Waals surface area contributed by atoms with Gasteiger partial charge in [0.15, 0.2) is 5.78 Å². The van der Waals surface area contributed by atoms with Crippen molar-refractivity contribution in [3.05, 3.63) is 36.0 Å². The van der Waals surface area contributed by atoms with Gasteiger partial charge in [0.2, 0.25) is 0 Å². The van der Waals surface area contributed by atoms with E-state index in [0.717, 1.165) is 10.9 Å². The summed E-state index contributed by atoms with van der Waals surface area (Å²) >= 11 is 0.